The topological polar surface area (TPSA) is 135 Å². The van der Waals surface area contributed by atoms with Crippen LogP contribution >= 0.6 is 0 Å². The lowest BCUT2D eigenvalue weighted by atomic mass is 10.1. The van der Waals surface area contributed by atoms with Crippen LogP contribution in [0.15, 0.2) is 0 Å². The van der Waals surface area contributed by atoms with E-state index in [1.807, 2.05) is 0 Å². The van der Waals surface area contributed by atoms with Gasteiger partial charge in [-0.15, -0.1) is 0 Å². The summed E-state index contributed by atoms with van der Waals surface area (Å²) in [5.74, 6) is -3.26. The first-order valence-corrected chi connectivity index (χ1v) is 3.36. The minimum absolute atomic E-state index is 0.733. The summed E-state index contributed by atoms with van der Waals surface area (Å²) in [4.78, 5) is 20.1. The highest BCUT2D eigenvalue weighted by Crippen LogP contribution is 2.03. The molecule has 0 fully saturated rings. The van der Waals surface area contributed by atoms with Crippen LogP contribution in [0.3, 0.4) is 0 Å². The number of aliphatic carboxylic acids is 2. The second-order valence-electron chi connectivity index (χ2n) is 2.44. The Balaban J connectivity index is 4.06. The van der Waals surface area contributed by atoms with Crippen molar-refractivity contribution in [3.63, 3.8) is 0 Å². The normalized spacial score (nSPS) is 17.5. The molecule has 0 radical (unpaired) electrons. The van der Waals surface area contributed by atoms with Crippen molar-refractivity contribution >= 4 is 11.9 Å². The second-order valence-corrected chi connectivity index (χ2v) is 2.44. The first-order valence-electron chi connectivity index (χ1n) is 3.36. The van der Waals surface area contributed by atoms with Crippen molar-refractivity contribution in [2.75, 3.05) is 0 Å². The summed E-state index contributed by atoms with van der Waals surface area (Å²) in [6.07, 6.45) is -6.51. The van der Waals surface area contributed by atoms with Crippen molar-refractivity contribution in [2.24, 2.45) is 0 Å². The van der Waals surface area contributed by atoms with E-state index >= 15 is 0 Å². The van der Waals surface area contributed by atoms with Gasteiger partial charge in [-0.1, -0.05) is 0 Å². The molecular formula is C6H10O7. The van der Waals surface area contributed by atoms with Crippen molar-refractivity contribution < 1.29 is 35.1 Å². The summed E-state index contributed by atoms with van der Waals surface area (Å²) < 4.78 is 0. The minimum Gasteiger partial charge on any atom is -0.479 e. The van der Waals surface area contributed by atoms with Crippen LogP contribution in [-0.4, -0.2) is 55.8 Å². The van der Waals surface area contributed by atoms with Crippen LogP contribution in [0, 0.1) is 0 Å². The maximum atomic E-state index is 10.1. The van der Waals surface area contributed by atoms with E-state index in [0.717, 1.165) is 0 Å². The molecule has 0 aromatic rings. The molecule has 0 aromatic heterocycles. The van der Waals surface area contributed by atoms with Crippen LogP contribution in [0.1, 0.15) is 6.42 Å². The van der Waals surface area contributed by atoms with Crippen LogP contribution in [0.2, 0.25) is 0 Å². The van der Waals surface area contributed by atoms with Crippen LogP contribution < -0.4 is 0 Å². The Kier molecular flexibility index (Phi) is 4.32. The first kappa shape index (κ1) is 11.8. The predicted octanol–water partition coefficient (Wildman–Crippen LogP) is -2.37. The fourth-order valence-electron chi connectivity index (χ4n) is 0.623. The lowest BCUT2D eigenvalue weighted by Crippen LogP contribution is -2.38. The highest BCUT2D eigenvalue weighted by atomic mass is 16.4. The van der Waals surface area contributed by atoms with Gasteiger partial charge in [-0.3, -0.25) is 0 Å². The lowest BCUT2D eigenvalue weighted by molar-refractivity contribution is -0.158. The van der Waals surface area contributed by atoms with E-state index in [9.17, 15) is 9.59 Å². The molecule has 0 saturated carbocycles. The molecule has 0 aromatic carbocycles. The Labute approximate surface area is 72.9 Å². The van der Waals surface area contributed by atoms with E-state index in [4.69, 9.17) is 25.5 Å². The van der Waals surface area contributed by atoms with Gasteiger partial charge in [-0.05, 0) is 0 Å². The maximum Gasteiger partial charge on any atom is 0.335 e. The predicted molar refractivity (Wildman–Crippen MR) is 37.9 cm³/mol. The molecule has 0 bridgehead atoms. The smallest absolute Gasteiger partial charge is 0.335 e. The molecule has 3 atom stereocenters. The maximum absolute atomic E-state index is 10.1. The summed E-state index contributed by atoms with van der Waals surface area (Å²) in [5.41, 5.74) is 0. The first-order chi connectivity index (χ1) is 5.86. The SMILES string of the molecule is O=C(O)[C@@H](O)[C@@H](O)C[C@H](O)C(=O)O. The molecule has 76 valence electrons. The highest BCUT2D eigenvalue weighted by Gasteiger charge is 2.28. The van der Waals surface area contributed by atoms with Crippen LogP contribution in [0.4, 0.5) is 0 Å². The van der Waals surface area contributed by atoms with Crippen LogP contribution in [-0.2, 0) is 9.59 Å². The molecule has 7 nitrogen and oxygen atoms in total. The molecule has 0 aliphatic heterocycles. The molecule has 0 amide bonds. The van der Waals surface area contributed by atoms with E-state index < -0.39 is 36.7 Å². The van der Waals surface area contributed by atoms with Gasteiger partial charge in [-0.25, -0.2) is 9.59 Å². The van der Waals surface area contributed by atoms with Crippen molar-refractivity contribution in [1.82, 2.24) is 0 Å². The third kappa shape index (κ3) is 3.83. The largest absolute Gasteiger partial charge is 0.479 e. The average molecular weight is 194 g/mol. The number of aliphatic hydroxyl groups is 3. The van der Waals surface area contributed by atoms with E-state index in [-0.39, 0.29) is 0 Å². The summed E-state index contributed by atoms with van der Waals surface area (Å²) in [6.45, 7) is 0. The van der Waals surface area contributed by atoms with Gasteiger partial charge in [0.1, 0.15) is 0 Å². The number of aliphatic hydroxyl groups excluding tert-OH is 3. The quantitative estimate of drug-likeness (QED) is 0.330. The lowest BCUT2D eigenvalue weighted by Gasteiger charge is -2.14. The molecule has 5 N–H and O–H groups in total. The summed E-state index contributed by atoms with van der Waals surface area (Å²) in [7, 11) is 0. The molecule has 7 heteroatoms. The van der Waals surface area contributed by atoms with Gasteiger partial charge >= 0.3 is 11.9 Å². The highest BCUT2D eigenvalue weighted by molar-refractivity contribution is 5.74. The van der Waals surface area contributed by atoms with E-state index in [2.05, 4.69) is 0 Å². The van der Waals surface area contributed by atoms with Crippen LogP contribution in [0.25, 0.3) is 0 Å². The Hall–Kier alpha value is -1.18. The summed E-state index contributed by atoms with van der Waals surface area (Å²) in [5, 5.41) is 42.5. The minimum atomic E-state index is -2.09. The molecule has 0 spiro atoms. The van der Waals surface area contributed by atoms with E-state index in [1.54, 1.807) is 0 Å². The zero-order valence-corrected chi connectivity index (χ0v) is 6.49. The third-order valence-electron chi connectivity index (χ3n) is 1.37. The molecule has 0 rings (SSSR count). The monoisotopic (exact) mass is 194 g/mol. The van der Waals surface area contributed by atoms with Crippen molar-refractivity contribution in [3.05, 3.63) is 0 Å². The zero-order chi connectivity index (χ0) is 10.6. The second kappa shape index (κ2) is 4.75. The molecule has 0 unspecified atom stereocenters. The number of hydrogen-bond acceptors (Lipinski definition) is 5. The fraction of sp³-hybridized carbons (Fsp3) is 0.667. The molecular weight excluding hydrogens is 184 g/mol. The molecule has 0 aliphatic carbocycles. The van der Waals surface area contributed by atoms with Crippen molar-refractivity contribution in [1.29, 1.82) is 0 Å². The van der Waals surface area contributed by atoms with Crippen molar-refractivity contribution in [3.8, 4) is 0 Å². The Morgan fingerprint density at radius 1 is 1.00 bits per heavy atom. The Bertz CT molecular complexity index is 201. The van der Waals surface area contributed by atoms with Gasteiger partial charge in [0, 0.05) is 6.42 Å². The zero-order valence-electron chi connectivity index (χ0n) is 6.49. The molecule has 0 saturated heterocycles. The fourth-order valence-corrected chi connectivity index (χ4v) is 0.623. The molecule has 0 heterocycles. The Morgan fingerprint density at radius 2 is 1.46 bits per heavy atom. The summed E-state index contributed by atoms with van der Waals surface area (Å²) in [6, 6.07) is 0. The van der Waals surface area contributed by atoms with Gasteiger partial charge in [0.05, 0.1) is 6.10 Å². The van der Waals surface area contributed by atoms with Gasteiger partial charge in [0.15, 0.2) is 12.2 Å². The van der Waals surface area contributed by atoms with Gasteiger partial charge in [0.2, 0.25) is 0 Å². The van der Waals surface area contributed by atoms with Gasteiger partial charge in [-0.2, -0.15) is 0 Å². The van der Waals surface area contributed by atoms with Crippen LogP contribution in [0.5, 0.6) is 0 Å². The van der Waals surface area contributed by atoms with Crippen molar-refractivity contribution in [2.45, 2.75) is 24.7 Å². The number of rotatable bonds is 5. The van der Waals surface area contributed by atoms with Gasteiger partial charge < -0.3 is 25.5 Å². The number of carboxylic acids is 2. The van der Waals surface area contributed by atoms with Gasteiger partial charge in [0.25, 0.3) is 0 Å². The number of carboxylic acid groups (broad SMARTS) is 2. The van der Waals surface area contributed by atoms with E-state index in [1.165, 1.54) is 0 Å². The number of hydrogen-bond donors (Lipinski definition) is 5. The molecule has 0 aliphatic rings. The standard InChI is InChI=1S/C6H10O7/c7-2(4(9)6(12)13)1-3(8)5(10)11/h2-4,7-9H,1H2,(H,10,11)(H,12,13)/t2-,3-,4-/m0/s1. The average Bonchev–Trinajstić information content (AvgIpc) is 2.02. The Morgan fingerprint density at radius 3 is 1.77 bits per heavy atom. The number of carbonyl (C=O) groups is 2. The summed E-state index contributed by atoms with van der Waals surface area (Å²) >= 11 is 0. The van der Waals surface area contributed by atoms with E-state index in [0.29, 0.717) is 0 Å². The third-order valence-corrected chi connectivity index (χ3v) is 1.37. The molecule has 13 heavy (non-hydrogen) atoms.